The van der Waals surface area contributed by atoms with Crippen LogP contribution in [-0.2, 0) is 4.79 Å². The van der Waals surface area contributed by atoms with Gasteiger partial charge in [0.15, 0.2) is 17.5 Å². The van der Waals surface area contributed by atoms with Gasteiger partial charge in [0.25, 0.3) is 5.91 Å². The molecule has 2 rings (SSSR count). The number of aromatic nitrogens is 1. The molecule has 0 aliphatic carbocycles. The Balaban J connectivity index is 1.98. The fourth-order valence-corrected chi connectivity index (χ4v) is 3.04. The molecule has 1 N–H and O–H groups in total. The van der Waals surface area contributed by atoms with Crippen LogP contribution in [0.2, 0.25) is 0 Å². The molecular weight excluding hydrogens is 312 g/mol. The van der Waals surface area contributed by atoms with Gasteiger partial charge in [0.1, 0.15) is 5.75 Å². The average molecular weight is 332 g/mol. The highest BCUT2D eigenvalue weighted by molar-refractivity contribution is 7.17. The fraction of sp³-hybridized carbons (Fsp3) is 0.353. The fourth-order valence-electron chi connectivity index (χ4n) is 2.16. The molecule has 122 valence electrons. The predicted molar refractivity (Wildman–Crippen MR) is 91.5 cm³/mol. The number of carbonyl (C=O) groups is 2. The molecule has 0 radical (unpaired) electrons. The number of thiazole rings is 1. The third-order valence-electron chi connectivity index (χ3n) is 3.26. The van der Waals surface area contributed by atoms with Crippen LogP contribution >= 0.6 is 11.3 Å². The van der Waals surface area contributed by atoms with Gasteiger partial charge >= 0.3 is 0 Å². The second kappa shape index (κ2) is 7.37. The molecule has 0 spiro atoms. The van der Waals surface area contributed by atoms with E-state index in [9.17, 15) is 9.59 Å². The molecule has 0 bridgehead atoms. The van der Waals surface area contributed by atoms with Crippen molar-refractivity contribution in [2.75, 3.05) is 11.9 Å². The number of ketones is 1. The number of para-hydroxylation sites is 1. The molecule has 0 saturated heterocycles. The second-order valence-corrected chi connectivity index (χ2v) is 6.52. The van der Waals surface area contributed by atoms with Crippen LogP contribution in [0.25, 0.3) is 0 Å². The zero-order chi connectivity index (χ0) is 17.0. The minimum atomic E-state index is -0.299. The van der Waals surface area contributed by atoms with Crippen LogP contribution in [0.5, 0.6) is 5.75 Å². The Morgan fingerprint density at radius 2 is 2.00 bits per heavy atom. The molecule has 0 atom stereocenters. The van der Waals surface area contributed by atoms with Crippen LogP contribution in [0.1, 0.15) is 47.6 Å². The average Bonchev–Trinajstić information content (AvgIpc) is 2.86. The summed E-state index contributed by atoms with van der Waals surface area (Å²) in [6.45, 7) is 7.28. The summed E-state index contributed by atoms with van der Waals surface area (Å²) in [5.41, 5.74) is 1.69. The SMILES string of the molecule is CC(=O)c1sc(NC(=O)COc2ccccc2C(C)C)nc1C. The van der Waals surface area contributed by atoms with Crippen molar-refractivity contribution in [3.8, 4) is 5.75 Å². The summed E-state index contributed by atoms with van der Waals surface area (Å²) in [6, 6.07) is 7.66. The van der Waals surface area contributed by atoms with E-state index in [1.807, 2.05) is 24.3 Å². The topological polar surface area (TPSA) is 68.3 Å². The number of amides is 1. The number of nitrogens with one attached hydrogen (secondary N) is 1. The van der Waals surface area contributed by atoms with Gasteiger partial charge in [0, 0.05) is 6.92 Å². The molecule has 0 saturated carbocycles. The summed E-state index contributed by atoms with van der Waals surface area (Å²) in [7, 11) is 0. The highest BCUT2D eigenvalue weighted by Crippen LogP contribution is 2.26. The van der Waals surface area contributed by atoms with Gasteiger partial charge in [0.05, 0.1) is 10.6 Å². The molecule has 1 aromatic carbocycles. The van der Waals surface area contributed by atoms with Gasteiger partial charge in [-0.05, 0) is 24.5 Å². The number of ether oxygens (including phenoxy) is 1. The number of Topliss-reactive ketones (excluding diaryl/α,β-unsaturated/α-hetero) is 1. The summed E-state index contributed by atoms with van der Waals surface area (Å²) in [5, 5.41) is 3.08. The van der Waals surface area contributed by atoms with Crippen LogP contribution in [0, 0.1) is 6.92 Å². The third-order valence-corrected chi connectivity index (χ3v) is 4.44. The molecule has 0 aliphatic rings. The van der Waals surface area contributed by atoms with Crippen LogP contribution in [0.15, 0.2) is 24.3 Å². The first-order valence-corrected chi connectivity index (χ1v) is 8.20. The van der Waals surface area contributed by atoms with E-state index in [4.69, 9.17) is 4.74 Å². The summed E-state index contributed by atoms with van der Waals surface area (Å²) in [5.74, 6) is 0.668. The van der Waals surface area contributed by atoms with Crippen molar-refractivity contribution in [3.05, 3.63) is 40.4 Å². The molecule has 0 unspecified atom stereocenters. The number of benzene rings is 1. The number of rotatable bonds is 6. The Labute approximate surface area is 139 Å². The standard InChI is InChI=1S/C17H20N2O3S/c1-10(2)13-7-5-6-8-14(13)22-9-15(21)19-17-18-11(3)16(23-17)12(4)20/h5-8,10H,9H2,1-4H3,(H,18,19,21). The zero-order valence-electron chi connectivity index (χ0n) is 13.7. The molecule has 0 fully saturated rings. The number of anilines is 1. The van der Waals surface area contributed by atoms with Crippen molar-refractivity contribution in [2.45, 2.75) is 33.6 Å². The number of aryl methyl sites for hydroxylation is 1. The van der Waals surface area contributed by atoms with E-state index in [-0.39, 0.29) is 18.3 Å². The van der Waals surface area contributed by atoms with Gasteiger partial charge in [-0.15, -0.1) is 0 Å². The first-order valence-electron chi connectivity index (χ1n) is 7.38. The zero-order valence-corrected chi connectivity index (χ0v) is 14.5. The van der Waals surface area contributed by atoms with E-state index in [0.717, 1.165) is 5.56 Å². The number of nitrogens with zero attached hydrogens (tertiary/aromatic N) is 1. The number of hydrogen-bond donors (Lipinski definition) is 1. The molecule has 1 aromatic heterocycles. The minimum Gasteiger partial charge on any atom is -0.483 e. The summed E-state index contributed by atoms with van der Waals surface area (Å²) in [4.78, 5) is 28.2. The van der Waals surface area contributed by atoms with Crippen LogP contribution in [0.3, 0.4) is 0 Å². The maximum absolute atomic E-state index is 12.0. The molecular formula is C17H20N2O3S. The smallest absolute Gasteiger partial charge is 0.264 e. The molecule has 5 nitrogen and oxygen atoms in total. The van der Waals surface area contributed by atoms with E-state index in [0.29, 0.717) is 27.4 Å². The Morgan fingerprint density at radius 1 is 1.30 bits per heavy atom. The van der Waals surface area contributed by atoms with E-state index in [2.05, 4.69) is 24.1 Å². The lowest BCUT2D eigenvalue weighted by atomic mass is 10.0. The van der Waals surface area contributed by atoms with Crippen molar-refractivity contribution in [1.29, 1.82) is 0 Å². The largest absolute Gasteiger partial charge is 0.483 e. The van der Waals surface area contributed by atoms with Gasteiger partial charge < -0.3 is 4.74 Å². The first kappa shape index (κ1) is 17.1. The molecule has 2 aromatic rings. The Morgan fingerprint density at radius 3 is 2.61 bits per heavy atom. The third kappa shape index (κ3) is 4.39. The van der Waals surface area contributed by atoms with Crippen molar-refractivity contribution >= 4 is 28.2 Å². The minimum absolute atomic E-state index is 0.0531. The van der Waals surface area contributed by atoms with Crippen molar-refractivity contribution in [2.24, 2.45) is 0 Å². The number of carbonyl (C=O) groups excluding carboxylic acids is 2. The lowest BCUT2D eigenvalue weighted by Gasteiger charge is -2.13. The monoisotopic (exact) mass is 332 g/mol. The highest BCUT2D eigenvalue weighted by Gasteiger charge is 2.14. The van der Waals surface area contributed by atoms with Crippen molar-refractivity contribution in [1.82, 2.24) is 4.98 Å². The van der Waals surface area contributed by atoms with Gasteiger partial charge in [-0.25, -0.2) is 4.98 Å². The Bertz CT molecular complexity index is 722. The lowest BCUT2D eigenvalue weighted by molar-refractivity contribution is -0.118. The Hall–Kier alpha value is -2.21. The highest BCUT2D eigenvalue weighted by atomic mass is 32.1. The summed E-state index contributed by atoms with van der Waals surface area (Å²) in [6.07, 6.45) is 0. The summed E-state index contributed by atoms with van der Waals surface area (Å²) < 4.78 is 5.61. The second-order valence-electron chi connectivity index (χ2n) is 5.52. The normalized spacial score (nSPS) is 10.7. The van der Waals surface area contributed by atoms with Crippen molar-refractivity contribution < 1.29 is 14.3 Å². The first-order chi connectivity index (χ1) is 10.9. The maximum Gasteiger partial charge on any atom is 0.264 e. The van der Waals surface area contributed by atoms with Crippen molar-refractivity contribution in [3.63, 3.8) is 0 Å². The van der Waals surface area contributed by atoms with E-state index >= 15 is 0 Å². The Kier molecular flexibility index (Phi) is 5.50. The summed E-state index contributed by atoms with van der Waals surface area (Å²) >= 11 is 1.18. The van der Waals surface area contributed by atoms with Gasteiger partial charge in [0.2, 0.25) is 0 Å². The van der Waals surface area contributed by atoms with Crippen LogP contribution < -0.4 is 10.1 Å². The van der Waals surface area contributed by atoms with Crippen LogP contribution in [-0.4, -0.2) is 23.3 Å². The molecule has 6 heteroatoms. The van der Waals surface area contributed by atoms with Gasteiger partial charge in [-0.3, -0.25) is 14.9 Å². The van der Waals surface area contributed by atoms with E-state index in [1.165, 1.54) is 18.3 Å². The predicted octanol–water partition coefficient (Wildman–Crippen LogP) is 3.80. The molecule has 1 heterocycles. The molecule has 1 amide bonds. The van der Waals surface area contributed by atoms with Gasteiger partial charge in [-0.1, -0.05) is 43.4 Å². The maximum atomic E-state index is 12.0. The number of hydrogen-bond acceptors (Lipinski definition) is 5. The van der Waals surface area contributed by atoms with E-state index < -0.39 is 0 Å². The lowest BCUT2D eigenvalue weighted by Crippen LogP contribution is -2.20. The van der Waals surface area contributed by atoms with E-state index in [1.54, 1.807) is 6.92 Å². The van der Waals surface area contributed by atoms with Crippen LogP contribution in [0.4, 0.5) is 5.13 Å². The molecule has 23 heavy (non-hydrogen) atoms. The van der Waals surface area contributed by atoms with Gasteiger partial charge in [-0.2, -0.15) is 0 Å². The quantitative estimate of drug-likeness (QED) is 0.817. The molecule has 0 aliphatic heterocycles.